The third-order valence-corrected chi connectivity index (χ3v) is 3.50. The second-order valence-corrected chi connectivity index (χ2v) is 5.03. The van der Waals surface area contributed by atoms with Crippen LogP contribution in [0.1, 0.15) is 43.2 Å². The first-order chi connectivity index (χ1) is 7.33. The molecule has 3 heteroatoms. The van der Waals surface area contributed by atoms with Crippen LogP contribution in [0.4, 0.5) is 0 Å². The number of nitrogens with zero attached hydrogens (tertiary/aromatic N) is 1. The Bertz CT molecular complexity index is 355. The van der Waals surface area contributed by atoms with Crippen molar-refractivity contribution in [2.75, 3.05) is 0 Å². The van der Waals surface area contributed by atoms with Gasteiger partial charge in [-0.05, 0) is 31.6 Å². The van der Waals surface area contributed by atoms with Crippen molar-refractivity contribution in [1.29, 1.82) is 0 Å². The molecule has 0 saturated heterocycles. The molecular weight excluding hydrogens is 188 g/mol. The molecule has 2 aliphatic carbocycles. The topological polar surface area (TPSA) is 38.1 Å². The number of nitrogens with one attached hydrogen (secondary N) is 1. The summed E-state index contributed by atoms with van der Waals surface area (Å²) in [5, 5.41) is 7.70. The normalized spacial score (nSPS) is 25.3. The molecule has 1 saturated carbocycles. The molecule has 0 radical (unpaired) electrons. The number of rotatable bonds is 3. The summed E-state index contributed by atoms with van der Waals surface area (Å²) in [6, 6.07) is 0.748. The van der Waals surface area contributed by atoms with Crippen molar-refractivity contribution in [3.05, 3.63) is 17.0 Å². The van der Waals surface area contributed by atoms with Crippen molar-refractivity contribution in [2.45, 2.75) is 51.6 Å². The molecule has 1 heterocycles. The van der Waals surface area contributed by atoms with Gasteiger partial charge in [0.15, 0.2) is 0 Å². The van der Waals surface area contributed by atoms with Gasteiger partial charge in [-0.15, -0.1) is 0 Å². The first kappa shape index (κ1) is 9.40. The molecule has 15 heavy (non-hydrogen) atoms. The van der Waals surface area contributed by atoms with Crippen LogP contribution in [0.25, 0.3) is 0 Å². The maximum absolute atomic E-state index is 5.40. The standard InChI is InChI=1S/C12H18N2O/c1-8-2-5-12-10(6-8)11(14-15-12)7-13-9-3-4-9/h8-9,13H,2-7H2,1H3. The van der Waals surface area contributed by atoms with E-state index in [1.165, 1.54) is 24.8 Å². The highest BCUT2D eigenvalue weighted by Gasteiger charge is 2.25. The van der Waals surface area contributed by atoms with Crippen LogP contribution in [-0.2, 0) is 19.4 Å². The predicted octanol–water partition coefficient (Wildman–Crippen LogP) is 2.05. The van der Waals surface area contributed by atoms with Gasteiger partial charge in [0.05, 0.1) is 0 Å². The Morgan fingerprint density at radius 2 is 2.27 bits per heavy atom. The van der Waals surface area contributed by atoms with Crippen LogP contribution in [0.15, 0.2) is 4.52 Å². The number of hydrogen-bond acceptors (Lipinski definition) is 3. The summed E-state index contributed by atoms with van der Waals surface area (Å²) < 4.78 is 5.40. The minimum atomic E-state index is 0.748. The molecule has 3 nitrogen and oxygen atoms in total. The van der Waals surface area contributed by atoms with E-state index in [-0.39, 0.29) is 0 Å². The lowest BCUT2D eigenvalue weighted by Crippen LogP contribution is -2.18. The highest BCUT2D eigenvalue weighted by Crippen LogP contribution is 2.28. The SMILES string of the molecule is CC1CCc2onc(CNC3CC3)c2C1. The van der Waals surface area contributed by atoms with Gasteiger partial charge >= 0.3 is 0 Å². The lowest BCUT2D eigenvalue weighted by molar-refractivity contribution is 0.352. The average Bonchev–Trinajstić information content (AvgIpc) is 2.97. The van der Waals surface area contributed by atoms with Gasteiger partial charge in [-0.1, -0.05) is 12.1 Å². The van der Waals surface area contributed by atoms with Crippen molar-refractivity contribution in [2.24, 2.45) is 5.92 Å². The zero-order chi connectivity index (χ0) is 10.3. The van der Waals surface area contributed by atoms with E-state index in [0.717, 1.165) is 42.8 Å². The van der Waals surface area contributed by atoms with E-state index in [4.69, 9.17) is 4.52 Å². The molecule has 1 fully saturated rings. The van der Waals surface area contributed by atoms with Crippen molar-refractivity contribution in [3.8, 4) is 0 Å². The van der Waals surface area contributed by atoms with Crippen LogP contribution in [0, 0.1) is 5.92 Å². The maximum atomic E-state index is 5.40. The van der Waals surface area contributed by atoms with Gasteiger partial charge < -0.3 is 9.84 Å². The quantitative estimate of drug-likeness (QED) is 0.822. The highest BCUT2D eigenvalue weighted by molar-refractivity contribution is 5.26. The van der Waals surface area contributed by atoms with Crippen LogP contribution < -0.4 is 5.32 Å². The summed E-state index contributed by atoms with van der Waals surface area (Å²) >= 11 is 0. The van der Waals surface area contributed by atoms with Crippen molar-refractivity contribution in [3.63, 3.8) is 0 Å². The molecule has 0 spiro atoms. The number of aryl methyl sites for hydroxylation is 1. The molecule has 1 atom stereocenters. The average molecular weight is 206 g/mol. The van der Waals surface area contributed by atoms with E-state index >= 15 is 0 Å². The zero-order valence-electron chi connectivity index (χ0n) is 9.25. The minimum Gasteiger partial charge on any atom is -0.361 e. The smallest absolute Gasteiger partial charge is 0.140 e. The Balaban J connectivity index is 1.73. The molecule has 1 aromatic rings. The minimum absolute atomic E-state index is 0.748. The molecule has 1 N–H and O–H groups in total. The largest absolute Gasteiger partial charge is 0.361 e. The third kappa shape index (κ3) is 1.93. The molecule has 3 rings (SSSR count). The van der Waals surface area contributed by atoms with Gasteiger partial charge in [0.1, 0.15) is 11.5 Å². The summed E-state index contributed by atoms with van der Waals surface area (Å²) in [6.07, 6.45) is 6.14. The first-order valence-electron chi connectivity index (χ1n) is 6.02. The van der Waals surface area contributed by atoms with Gasteiger partial charge in [0.25, 0.3) is 0 Å². The van der Waals surface area contributed by atoms with Gasteiger partial charge in [0, 0.05) is 24.6 Å². The van der Waals surface area contributed by atoms with E-state index in [9.17, 15) is 0 Å². The van der Waals surface area contributed by atoms with Crippen LogP contribution in [0.2, 0.25) is 0 Å². The molecule has 0 aromatic carbocycles. The molecule has 82 valence electrons. The summed E-state index contributed by atoms with van der Waals surface area (Å²) in [6.45, 7) is 3.21. The fourth-order valence-electron chi connectivity index (χ4n) is 2.30. The molecular formula is C12H18N2O. The summed E-state index contributed by atoms with van der Waals surface area (Å²) in [7, 11) is 0. The molecule has 0 bridgehead atoms. The van der Waals surface area contributed by atoms with Gasteiger partial charge in [-0.2, -0.15) is 0 Å². The van der Waals surface area contributed by atoms with E-state index in [1.807, 2.05) is 0 Å². The first-order valence-corrected chi connectivity index (χ1v) is 6.02. The van der Waals surface area contributed by atoms with Crippen LogP contribution in [-0.4, -0.2) is 11.2 Å². The Hall–Kier alpha value is -0.830. The van der Waals surface area contributed by atoms with Crippen LogP contribution in [0.3, 0.4) is 0 Å². The Labute approximate surface area is 90.2 Å². The Morgan fingerprint density at radius 1 is 1.40 bits per heavy atom. The lowest BCUT2D eigenvalue weighted by Gasteiger charge is -2.16. The Morgan fingerprint density at radius 3 is 3.07 bits per heavy atom. The summed E-state index contributed by atoms with van der Waals surface area (Å²) in [4.78, 5) is 0. The van der Waals surface area contributed by atoms with E-state index in [1.54, 1.807) is 0 Å². The lowest BCUT2D eigenvalue weighted by atomic mass is 9.88. The van der Waals surface area contributed by atoms with E-state index < -0.39 is 0 Å². The summed E-state index contributed by atoms with van der Waals surface area (Å²) in [5.41, 5.74) is 2.55. The number of hydrogen-bond donors (Lipinski definition) is 1. The van der Waals surface area contributed by atoms with Crippen molar-refractivity contribution >= 4 is 0 Å². The fraction of sp³-hybridized carbons (Fsp3) is 0.750. The maximum Gasteiger partial charge on any atom is 0.140 e. The van der Waals surface area contributed by atoms with Gasteiger partial charge in [0.2, 0.25) is 0 Å². The predicted molar refractivity (Wildman–Crippen MR) is 57.6 cm³/mol. The van der Waals surface area contributed by atoms with Crippen LogP contribution in [0.5, 0.6) is 0 Å². The van der Waals surface area contributed by atoms with Gasteiger partial charge in [-0.25, -0.2) is 0 Å². The van der Waals surface area contributed by atoms with E-state index in [2.05, 4.69) is 17.4 Å². The molecule has 1 aromatic heterocycles. The molecule has 1 unspecified atom stereocenters. The Kier molecular flexibility index (Phi) is 2.28. The summed E-state index contributed by atoms with van der Waals surface area (Å²) in [5.74, 6) is 1.93. The highest BCUT2D eigenvalue weighted by atomic mass is 16.5. The number of aromatic nitrogens is 1. The van der Waals surface area contributed by atoms with Crippen LogP contribution >= 0.6 is 0 Å². The van der Waals surface area contributed by atoms with E-state index in [0.29, 0.717) is 0 Å². The second-order valence-electron chi connectivity index (χ2n) is 5.03. The third-order valence-electron chi connectivity index (χ3n) is 3.50. The fourth-order valence-corrected chi connectivity index (χ4v) is 2.30. The second kappa shape index (κ2) is 3.63. The van der Waals surface area contributed by atoms with Crippen molar-refractivity contribution < 1.29 is 4.52 Å². The monoisotopic (exact) mass is 206 g/mol. The number of fused-ring (bicyclic) bond motifs is 1. The molecule has 2 aliphatic rings. The van der Waals surface area contributed by atoms with Gasteiger partial charge in [-0.3, -0.25) is 0 Å². The zero-order valence-corrected chi connectivity index (χ0v) is 9.25. The van der Waals surface area contributed by atoms with Crippen molar-refractivity contribution in [1.82, 2.24) is 10.5 Å². The molecule has 0 amide bonds. The molecule has 0 aliphatic heterocycles.